The van der Waals surface area contributed by atoms with Crippen LogP contribution in [-0.2, 0) is 16.3 Å². The van der Waals surface area contributed by atoms with E-state index in [0.717, 1.165) is 0 Å². The molecule has 1 aromatic carbocycles. The highest BCUT2D eigenvalue weighted by Gasteiger charge is 2.25. The first kappa shape index (κ1) is 13.7. The first-order chi connectivity index (χ1) is 6.81. The van der Waals surface area contributed by atoms with Gasteiger partial charge in [0, 0.05) is 5.30 Å². The molecule has 7 heteroatoms. The van der Waals surface area contributed by atoms with E-state index in [9.17, 15) is 4.89 Å². The molecule has 1 unspecified atom stereocenters. The maximum absolute atomic E-state index is 9.88. The molecule has 15 heavy (non-hydrogen) atoms. The molecule has 0 saturated carbocycles. The second kappa shape index (κ2) is 5.33. The minimum Gasteiger partial charge on any atom is -0.342 e. The van der Waals surface area contributed by atoms with Crippen LogP contribution in [0, 0.1) is 0 Å². The first-order valence-electron chi connectivity index (χ1n) is 3.91. The van der Waals surface area contributed by atoms with Crippen LogP contribution in [0.15, 0.2) is 30.3 Å². The minimum absolute atomic E-state index is 0.236. The van der Waals surface area contributed by atoms with E-state index >= 15 is 0 Å². The van der Waals surface area contributed by atoms with Crippen molar-refractivity contribution < 1.29 is 9.42 Å². The van der Waals surface area contributed by atoms with Crippen LogP contribution in [0.5, 0.6) is 0 Å². The molecule has 0 amide bonds. The zero-order valence-electron chi connectivity index (χ0n) is 7.44. The molecular formula is C8H8Cl3O2PS. The minimum atomic E-state index is -3.06. The third-order valence-corrected chi connectivity index (χ3v) is 4.19. The number of rotatable bonds is 3. The monoisotopic (exact) mass is 304 g/mol. The van der Waals surface area contributed by atoms with Gasteiger partial charge in [0.25, 0.3) is 0 Å². The summed E-state index contributed by atoms with van der Waals surface area (Å²) in [6.07, 6.45) is 0. The average Bonchev–Trinajstić information content (AvgIpc) is 2.16. The van der Waals surface area contributed by atoms with Crippen molar-refractivity contribution in [1.29, 1.82) is 0 Å². The molecule has 84 valence electrons. The summed E-state index contributed by atoms with van der Waals surface area (Å²) in [5.41, 5.74) is 0. The lowest BCUT2D eigenvalue weighted by molar-refractivity contribution is 0.322. The molecule has 0 aromatic heterocycles. The highest BCUT2D eigenvalue weighted by molar-refractivity contribution is 8.13. The van der Waals surface area contributed by atoms with E-state index in [1.54, 1.807) is 24.3 Å². The number of hydrogen-bond donors (Lipinski definition) is 1. The SMILES string of the molecule is OP(=S)(OCC(Cl)(Cl)Cl)c1ccccc1. The number of benzene rings is 1. The van der Waals surface area contributed by atoms with Crippen molar-refractivity contribution in [2.45, 2.75) is 3.79 Å². The quantitative estimate of drug-likeness (QED) is 0.687. The van der Waals surface area contributed by atoms with Crippen molar-refractivity contribution >= 4 is 58.4 Å². The van der Waals surface area contributed by atoms with Gasteiger partial charge in [-0.3, -0.25) is 0 Å². The Hall–Kier alpha value is 0.660. The summed E-state index contributed by atoms with van der Waals surface area (Å²) in [6, 6.07) is 8.68. The molecule has 1 atom stereocenters. The van der Waals surface area contributed by atoms with Crippen molar-refractivity contribution in [3.8, 4) is 0 Å². The molecule has 0 heterocycles. The van der Waals surface area contributed by atoms with Gasteiger partial charge in [0.15, 0.2) is 0 Å². The maximum atomic E-state index is 9.88. The summed E-state index contributed by atoms with van der Waals surface area (Å²) in [5, 5.41) is 0.536. The van der Waals surface area contributed by atoms with Crippen LogP contribution in [0.4, 0.5) is 0 Å². The van der Waals surface area contributed by atoms with Crippen molar-refractivity contribution in [2.75, 3.05) is 6.61 Å². The maximum Gasteiger partial charge on any atom is 0.217 e. The number of alkyl halides is 3. The van der Waals surface area contributed by atoms with Gasteiger partial charge < -0.3 is 9.42 Å². The predicted octanol–water partition coefficient (Wildman–Crippen LogP) is 3.00. The van der Waals surface area contributed by atoms with E-state index in [4.69, 9.17) is 51.1 Å². The van der Waals surface area contributed by atoms with Gasteiger partial charge in [0.1, 0.15) is 6.61 Å². The molecule has 1 N–H and O–H groups in total. The fourth-order valence-electron chi connectivity index (χ4n) is 0.852. The molecule has 0 bridgehead atoms. The van der Waals surface area contributed by atoms with E-state index in [2.05, 4.69) is 0 Å². The first-order valence-corrected chi connectivity index (χ1v) is 7.72. The molecule has 0 aliphatic rings. The standard InChI is InChI=1S/C8H8Cl3O2PS/c9-8(10,11)6-13-14(12,15)7-4-2-1-3-5-7/h1-5H,6H2,(H,12,15). The smallest absolute Gasteiger partial charge is 0.217 e. The van der Waals surface area contributed by atoms with Crippen molar-refractivity contribution in [3.05, 3.63) is 30.3 Å². The molecule has 0 saturated heterocycles. The highest BCUT2D eigenvalue weighted by atomic mass is 35.6. The highest BCUT2D eigenvalue weighted by Crippen LogP contribution is 2.43. The van der Waals surface area contributed by atoms with Gasteiger partial charge in [-0.15, -0.1) is 0 Å². The lowest BCUT2D eigenvalue weighted by atomic mass is 10.4. The predicted molar refractivity (Wildman–Crippen MR) is 68.8 cm³/mol. The lowest BCUT2D eigenvalue weighted by Gasteiger charge is -2.19. The zero-order chi connectivity index (χ0) is 11.5. The largest absolute Gasteiger partial charge is 0.342 e. The molecule has 1 aromatic rings. The molecular weight excluding hydrogens is 297 g/mol. The van der Waals surface area contributed by atoms with Gasteiger partial charge in [-0.05, 0) is 23.9 Å². The van der Waals surface area contributed by atoms with E-state index in [1.807, 2.05) is 6.07 Å². The summed E-state index contributed by atoms with van der Waals surface area (Å²) in [5.74, 6) is 0. The van der Waals surface area contributed by atoms with Gasteiger partial charge in [-0.25, -0.2) is 0 Å². The third-order valence-electron chi connectivity index (χ3n) is 1.49. The average molecular weight is 306 g/mol. The molecule has 2 nitrogen and oxygen atoms in total. The van der Waals surface area contributed by atoms with Crippen LogP contribution >= 0.6 is 41.3 Å². The normalized spacial score (nSPS) is 16.0. The second-order valence-electron chi connectivity index (χ2n) is 2.74. The molecule has 0 fully saturated rings. The van der Waals surface area contributed by atoms with Gasteiger partial charge in [0.2, 0.25) is 10.3 Å². The van der Waals surface area contributed by atoms with Crippen molar-refractivity contribution in [3.63, 3.8) is 0 Å². The Morgan fingerprint density at radius 1 is 1.27 bits per heavy atom. The fraction of sp³-hybridized carbons (Fsp3) is 0.250. The molecule has 1 rings (SSSR count). The van der Waals surface area contributed by atoms with Crippen LogP contribution in [-0.4, -0.2) is 15.3 Å². The Morgan fingerprint density at radius 2 is 1.80 bits per heavy atom. The van der Waals surface area contributed by atoms with E-state index in [-0.39, 0.29) is 6.61 Å². The number of halogens is 3. The van der Waals surface area contributed by atoms with Gasteiger partial charge in [-0.1, -0.05) is 53.0 Å². The fourth-order valence-corrected chi connectivity index (χ4v) is 2.83. The summed E-state index contributed by atoms with van der Waals surface area (Å²) < 4.78 is 3.50. The van der Waals surface area contributed by atoms with Crippen LogP contribution in [0.25, 0.3) is 0 Å². The van der Waals surface area contributed by atoms with Gasteiger partial charge in [-0.2, -0.15) is 0 Å². The molecule has 0 aliphatic heterocycles. The second-order valence-corrected chi connectivity index (χ2v) is 8.56. The van der Waals surface area contributed by atoms with Crippen LogP contribution in [0.1, 0.15) is 0 Å². The van der Waals surface area contributed by atoms with Crippen LogP contribution < -0.4 is 5.30 Å². The topological polar surface area (TPSA) is 29.5 Å². The van der Waals surface area contributed by atoms with Crippen molar-refractivity contribution in [2.24, 2.45) is 0 Å². The van der Waals surface area contributed by atoms with E-state index < -0.39 is 10.3 Å². The summed E-state index contributed by atoms with van der Waals surface area (Å²) >= 11 is 21.4. The number of hydrogen-bond acceptors (Lipinski definition) is 2. The molecule has 0 radical (unpaired) electrons. The van der Waals surface area contributed by atoms with Crippen LogP contribution in [0.2, 0.25) is 0 Å². The van der Waals surface area contributed by atoms with E-state index in [0.29, 0.717) is 5.30 Å². The summed E-state index contributed by atoms with van der Waals surface area (Å²) in [6.45, 7) is -3.30. The zero-order valence-corrected chi connectivity index (χ0v) is 11.4. The Bertz CT molecular complexity index is 366. The Morgan fingerprint density at radius 3 is 2.27 bits per heavy atom. The molecule has 0 aliphatic carbocycles. The van der Waals surface area contributed by atoms with Crippen LogP contribution in [0.3, 0.4) is 0 Å². The van der Waals surface area contributed by atoms with E-state index in [1.165, 1.54) is 0 Å². The summed E-state index contributed by atoms with van der Waals surface area (Å²) in [7, 11) is 0. The third kappa shape index (κ3) is 5.01. The van der Waals surface area contributed by atoms with Gasteiger partial charge in [0.05, 0.1) is 0 Å². The van der Waals surface area contributed by atoms with Gasteiger partial charge >= 0.3 is 0 Å². The Labute approximate surface area is 108 Å². The lowest BCUT2D eigenvalue weighted by Crippen LogP contribution is -2.15. The Balaban J connectivity index is 2.73. The molecule has 0 spiro atoms. The van der Waals surface area contributed by atoms with Crippen molar-refractivity contribution in [1.82, 2.24) is 0 Å². The Kier molecular flexibility index (Phi) is 4.87. The summed E-state index contributed by atoms with van der Waals surface area (Å²) in [4.78, 5) is 9.88.